The molecule has 2 aliphatic rings. The van der Waals surface area contributed by atoms with Crippen molar-refractivity contribution in [2.45, 2.75) is 86.2 Å². The summed E-state index contributed by atoms with van der Waals surface area (Å²) in [5, 5.41) is 10.6. The lowest BCUT2D eigenvalue weighted by molar-refractivity contribution is -0.138. The van der Waals surface area contributed by atoms with Gasteiger partial charge < -0.3 is 19.5 Å². The highest BCUT2D eigenvalue weighted by molar-refractivity contribution is 6.10. The number of ether oxygens (including phenoxy) is 1. The summed E-state index contributed by atoms with van der Waals surface area (Å²) in [4.78, 5) is 28.2. The summed E-state index contributed by atoms with van der Waals surface area (Å²) in [6, 6.07) is 11.5. The number of likely N-dealkylation sites (tertiary alicyclic amines) is 1. The number of carbonyl (C=O) groups excluding carboxylic acids is 2. The maximum absolute atomic E-state index is 13.9. The number of nitrogens with one attached hydrogen (secondary N) is 1. The van der Waals surface area contributed by atoms with E-state index in [4.69, 9.17) is 4.74 Å². The van der Waals surface area contributed by atoms with Crippen molar-refractivity contribution in [3.63, 3.8) is 0 Å². The van der Waals surface area contributed by atoms with Gasteiger partial charge in [0.05, 0.1) is 12.1 Å². The van der Waals surface area contributed by atoms with Crippen LogP contribution in [-0.4, -0.2) is 56.9 Å². The van der Waals surface area contributed by atoms with Crippen LogP contribution in [0.1, 0.15) is 87.8 Å². The third-order valence-electron chi connectivity index (χ3n) is 7.88. The second kappa shape index (κ2) is 16.3. The molecule has 47 heavy (non-hydrogen) atoms. The first-order valence-corrected chi connectivity index (χ1v) is 16.3. The molecule has 2 aromatic carbocycles. The third-order valence-corrected chi connectivity index (χ3v) is 7.88. The number of amides is 2. The number of rotatable bonds is 8. The third kappa shape index (κ3) is 10.5. The number of benzene rings is 2. The van der Waals surface area contributed by atoms with Gasteiger partial charge >= 0.3 is 12.3 Å². The number of anilines is 1. The standard InChI is InChI=1S/C25H28F3N3O3.C8H15N3.C2H6/c1-24(2,3)34-23(33)29-11-17-13-30(14-17)12-16-9-19-20(21(10-16)25(26,27)28)15-31(22(19)32)18-7-5-4-6-8-18;1-4-7(2)5-8-10-9-6-11(8)3;1-2/h4-10,17H,11-15H2,1-3H3,(H,29,33);6-7H,4-5H2,1-3H3;1-2H3. The number of nitrogens with zero attached hydrogens (tertiary/aromatic N) is 5. The number of carbonyl (C=O) groups is 2. The predicted octanol–water partition coefficient (Wildman–Crippen LogP) is 7.25. The average Bonchev–Trinajstić information content (AvgIpc) is 3.55. The highest BCUT2D eigenvalue weighted by Gasteiger charge is 2.41. The van der Waals surface area contributed by atoms with Gasteiger partial charge in [0, 0.05) is 56.8 Å². The predicted molar refractivity (Wildman–Crippen MR) is 177 cm³/mol. The lowest BCUT2D eigenvalue weighted by Gasteiger charge is -2.39. The van der Waals surface area contributed by atoms with Gasteiger partial charge in [0.15, 0.2) is 0 Å². The van der Waals surface area contributed by atoms with E-state index in [0.717, 1.165) is 18.3 Å². The fraction of sp³-hybridized carbons (Fsp3) is 0.543. The van der Waals surface area contributed by atoms with Gasteiger partial charge in [0.25, 0.3) is 5.91 Å². The molecule has 2 aliphatic heterocycles. The molecule has 0 aliphatic carbocycles. The second-order valence-corrected chi connectivity index (χ2v) is 12.9. The Morgan fingerprint density at radius 1 is 1.11 bits per heavy atom. The van der Waals surface area contributed by atoms with Crippen molar-refractivity contribution in [1.82, 2.24) is 25.0 Å². The van der Waals surface area contributed by atoms with E-state index in [1.807, 2.05) is 30.4 Å². The van der Waals surface area contributed by atoms with Crippen molar-refractivity contribution in [2.24, 2.45) is 18.9 Å². The molecular formula is C35H49F3N6O3. The van der Waals surface area contributed by atoms with Crippen LogP contribution in [-0.2, 0) is 37.5 Å². The van der Waals surface area contributed by atoms with E-state index in [-0.39, 0.29) is 23.6 Å². The molecule has 0 bridgehead atoms. The Balaban J connectivity index is 0.000000389. The van der Waals surface area contributed by atoms with E-state index in [1.54, 1.807) is 63.5 Å². The van der Waals surface area contributed by atoms with E-state index in [2.05, 4.69) is 29.4 Å². The van der Waals surface area contributed by atoms with Gasteiger partial charge in [-0.15, -0.1) is 10.2 Å². The molecule has 1 unspecified atom stereocenters. The van der Waals surface area contributed by atoms with Gasteiger partial charge in [0.1, 0.15) is 17.8 Å². The smallest absolute Gasteiger partial charge is 0.416 e. The largest absolute Gasteiger partial charge is 0.444 e. The molecule has 1 atom stereocenters. The van der Waals surface area contributed by atoms with E-state index in [1.165, 1.54) is 11.3 Å². The van der Waals surface area contributed by atoms with Crippen LogP contribution < -0.4 is 10.2 Å². The summed E-state index contributed by atoms with van der Waals surface area (Å²) >= 11 is 0. The molecular weight excluding hydrogens is 609 g/mol. The van der Waals surface area contributed by atoms with Crippen molar-refractivity contribution >= 4 is 17.7 Å². The Morgan fingerprint density at radius 2 is 1.77 bits per heavy atom. The van der Waals surface area contributed by atoms with Crippen molar-refractivity contribution in [1.29, 1.82) is 0 Å². The number of hydrogen-bond acceptors (Lipinski definition) is 6. The summed E-state index contributed by atoms with van der Waals surface area (Å²) < 4.78 is 48.8. The molecule has 3 heterocycles. The maximum atomic E-state index is 13.9. The molecule has 0 spiro atoms. The molecule has 3 aromatic rings. The first kappa shape index (κ1) is 37.5. The molecule has 9 nitrogen and oxygen atoms in total. The summed E-state index contributed by atoms with van der Waals surface area (Å²) in [5.74, 6) is 1.56. The number of halogens is 3. The fourth-order valence-electron chi connectivity index (χ4n) is 5.31. The summed E-state index contributed by atoms with van der Waals surface area (Å²) in [6.45, 7) is 15.7. The summed E-state index contributed by atoms with van der Waals surface area (Å²) in [6.07, 6.45) is -1.06. The Kier molecular flexibility index (Phi) is 13.0. The molecule has 1 N–H and O–H groups in total. The molecule has 1 fully saturated rings. The molecule has 0 radical (unpaired) electrons. The van der Waals surface area contributed by atoms with Crippen LogP contribution in [0, 0.1) is 11.8 Å². The zero-order valence-corrected chi connectivity index (χ0v) is 28.8. The average molecular weight is 659 g/mol. The number of alkyl carbamates (subject to hydrolysis) is 1. The Labute approximate surface area is 276 Å². The SMILES string of the molecule is CC.CC(C)(C)OC(=O)NCC1CN(Cc2cc3c(c(C(F)(F)F)c2)CN(c2ccccc2)C3=O)C1.CCC(C)Cc1nncn1C. The van der Waals surface area contributed by atoms with Crippen molar-refractivity contribution in [3.05, 3.63) is 76.9 Å². The zero-order valence-electron chi connectivity index (χ0n) is 28.8. The molecule has 0 saturated carbocycles. The minimum atomic E-state index is -4.55. The maximum Gasteiger partial charge on any atom is 0.416 e. The minimum Gasteiger partial charge on any atom is -0.444 e. The van der Waals surface area contributed by atoms with E-state index in [0.29, 0.717) is 43.3 Å². The van der Waals surface area contributed by atoms with Crippen LogP contribution >= 0.6 is 0 Å². The zero-order chi connectivity index (χ0) is 34.9. The highest BCUT2D eigenvalue weighted by Crippen LogP contribution is 2.40. The van der Waals surface area contributed by atoms with Crippen molar-refractivity contribution in [3.8, 4) is 0 Å². The number of alkyl halides is 3. The topological polar surface area (TPSA) is 92.6 Å². The second-order valence-electron chi connectivity index (χ2n) is 12.9. The van der Waals surface area contributed by atoms with E-state index in [9.17, 15) is 22.8 Å². The van der Waals surface area contributed by atoms with Gasteiger partial charge in [-0.05, 0) is 62.1 Å². The Hall–Kier alpha value is -3.93. The van der Waals surface area contributed by atoms with Crippen LogP contribution in [0.25, 0.3) is 0 Å². The van der Waals surface area contributed by atoms with Crippen LogP contribution in [0.3, 0.4) is 0 Å². The van der Waals surface area contributed by atoms with Gasteiger partial charge in [-0.25, -0.2) is 4.79 Å². The summed E-state index contributed by atoms with van der Waals surface area (Å²) in [7, 11) is 1.98. The van der Waals surface area contributed by atoms with Crippen molar-refractivity contribution in [2.75, 3.05) is 24.5 Å². The highest BCUT2D eigenvalue weighted by atomic mass is 19.4. The van der Waals surface area contributed by atoms with E-state index >= 15 is 0 Å². The Bertz CT molecular complexity index is 1460. The Morgan fingerprint density at radius 3 is 2.32 bits per heavy atom. The molecule has 5 rings (SSSR count). The number of para-hydroxylation sites is 1. The number of hydrogen-bond donors (Lipinski definition) is 1. The van der Waals surface area contributed by atoms with Gasteiger partial charge in [-0.3, -0.25) is 9.69 Å². The van der Waals surface area contributed by atoms with Gasteiger partial charge in [-0.1, -0.05) is 52.3 Å². The molecule has 2 amide bonds. The number of fused-ring (bicyclic) bond motifs is 1. The first-order chi connectivity index (χ1) is 22.1. The fourth-order valence-corrected chi connectivity index (χ4v) is 5.31. The molecule has 1 aromatic heterocycles. The molecule has 1 saturated heterocycles. The first-order valence-electron chi connectivity index (χ1n) is 16.3. The van der Waals surface area contributed by atoms with Crippen LogP contribution in [0.5, 0.6) is 0 Å². The van der Waals surface area contributed by atoms with Crippen LogP contribution in [0.4, 0.5) is 23.7 Å². The number of aromatic nitrogens is 3. The van der Waals surface area contributed by atoms with Gasteiger partial charge in [-0.2, -0.15) is 13.2 Å². The lowest BCUT2D eigenvalue weighted by atomic mass is 9.96. The van der Waals surface area contributed by atoms with Gasteiger partial charge in [0.2, 0.25) is 0 Å². The van der Waals surface area contributed by atoms with Crippen LogP contribution in [0.15, 0.2) is 48.8 Å². The van der Waals surface area contributed by atoms with E-state index < -0.39 is 29.3 Å². The van der Waals surface area contributed by atoms with Crippen LogP contribution in [0.2, 0.25) is 0 Å². The lowest BCUT2D eigenvalue weighted by Crippen LogP contribution is -2.51. The normalized spacial score (nSPS) is 15.5. The molecule has 258 valence electrons. The molecule has 12 heteroatoms. The summed E-state index contributed by atoms with van der Waals surface area (Å²) in [5.41, 5.74) is -0.178. The monoisotopic (exact) mass is 658 g/mol. The van der Waals surface area contributed by atoms with Crippen molar-refractivity contribution < 1.29 is 27.5 Å². The minimum absolute atomic E-state index is 0.0214. The quantitative estimate of drug-likeness (QED) is 0.274. The number of aryl methyl sites for hydroxylation is 1.